The molecule has 0 aliphatic rings. The average Bonchev–Trinajstić information content (AvgIpc) is 2.64. The second kappa shape index (κ2) is 8.52. The van der Waals surface area contributed by atoms with Gasteiger partial charge in [-0.05, 0) is 5.56 Å². The van der Waals surface area contributed by atoms with E-state index in [1.807, 2.05) is 0 Å². The summed E-state index contributed by atoms with van der Waals surface area (Å²) in [4.78, 5) is 45.6. The molecule has 0 bridgehead atoms. The molecule has 140 valence electrons. The second-order valence-electron chi connectivity index (χ2n) is 5.68. The Morgan fingerprint density at radius 1 is 0.963 bits per heavy atom. The molecule has 0 atom stereocenters. The minimum absolute atomic E-state index is 0.0282. The van der Waals surface area contributed by atoms with Gasteiger partial charge >= 0.3 is 0 Å². The summed E-state index contributed by atoms with van der Waals surface area (Å²) in [6.45, 7) is 0.0863. The molecule has 10 heteroatoms. The number of amides is 2. The molecule has 27 heavy (non-hydrogen) atoms. The van der Waals surface area contributed by atoms with Crippen molar-refractivity contribution < 1.29 is 19.4 Å². The quantitative estimate of drug-likeness (QED) is 0.553. The van der Waals surface area contributed by atoms with Gasteiger partial charge in [-0.1, -0.05) is 30.3 Å². The molecule has 0 radical (unpaired) electrons. The highest BCUT2D eigenvalue weighted by molar-refractivity contribution is 5.95. The van der Waals surface area contributed by atoms with Crippen LogP contribution in [-0.4, -0.2) is 33.1 Å². The standard InChI is InChI=1S/C17H16N4O6/c18-16(22)6-7-19(11-12-4-2-1-3-5-12)17(23)13-8-14(20(24)25)10-15(9-13)21(26)27/h1-5,8-10H,6-7,11H2,(H2,18,22). The van der Waals surface area contributed by atoms with E-state index in [1.165, 1.54) is 4.90 Å². The molecule has 0 aliphatic carbocycles. The van der Waals surface area contributed by atoms with E-state index in [0.29, 0.717) is 0 Å². The zero-order valence-electron chi connectivity index (χ0n) is 14.1. The van der Waals surface area contributed by atoms with Gasteiger partial charge in [0.05, 0.1) is 21.5 Å². The van der Waals surface area contributed by atoms with Crippen molar-refractivity contribution in [3.8, 4) is 0 Å². The molecule has 0 aliphatic heterocycles. The third-order valence-electron chi connectivity index (χ3n) is 3.70. The van der Waals surface area contributed by atoms with Crippen LogP contribution < -0.4 is 5.73 Å². The van der Waals surface area contributed by atoms with E-state index >= 15 is 0 Å². The first-order valence-corrected chi connectivity index (χ1v) is 7.83. The first-order chi connectivity index (χ1) is 12.8. The number of rotatable bonds is 8. The molecule has 2 N–H and O–H groups in total. The first-order valence-electron chi connectivity index (χ1n) is 7.83. The smallest absolute Gasteiger partial charge is 0.277 e. The molecule has 2 aromatic carbocycles. The number of non-ortho nitro benzene ring substituents is 2. The topological polar surface area (TPSA) is 150 Å². The Bertz CT molecular complexity index is 852. The lowest BCUT2D eigenvalue weighted by Crippen LogP contribution is -2.33. The van der Waals surface area contributed by atoms with E-state index in [9.17, 15) is 29.8 Å². The van der Waals surface area contributed by atoms with Crippen LogP contribution in [0.2, 0.25) is 0 Å². The Hall–Kier alpha value is -3.82. The molecule has 0 fully saturated rings. The highest BCUT2D eigenvalue weighted by Gasteiger charge is 2.23. The summed E-state index contributed by atoms with van der Waals surface area (Å²) >= 11 is 0. The lowest BCUT2D eigenvalue weighted by Gasteiger charge is -2.22. The Balaban J connectivity index is 2.39. The maximum Gasteiger partial charge on any atom is 0.277 e. The largest absolute Gasteiger partial charge is 0.370 e. The molecule has 0 saturated carbocycles. The molecule has 0 unspecified atom stereocenters. The zero-order valence-corrected chi connectivity index (χ0v) is 14.1. The van der Waals surface area contributed by atoms with E-state index < -0.39 is 33.0 Å². The fourth-order valence-electron chi connectivity index (χ4n) is 2.41. The Morgan fingerprint density at radius 2 is 1.52 bits per heavy atom. The van der Waals surface area contributed by atoms with Gasteiger partial charge in [0.25, 0.3) is 17.3 Å². The maximum atomic E-state index is 12.8. The van der Waals surface area contributed by atoms with Crippen molar-refractivity contribution in [3.05, 3.63) is 79.9 Å². The third-order valence-corrected chi connectivity index (χ3v) is 3.70. The number of carbonyl (C=O) groups excluding carboxylic acids is 2. The van der Waals surface area contributed by atoms with Gasteiger partial charge in [-0.2, -0.15) is 0 Å². The number of nitro groups is 2. The number of primary amides is 1. The van der Waals surface area contributed by atoms with Crippen LogP contribution in [0.15, 0.2) is 48.5 Å². The average molecular weight is 372 g/mol. The van der Waals surface area contributed by atoms with E-state index in [2.05, 4.69) is 0 Å². The number of nitro benzene ring substituents is 2. The van der Waals surface area contributed by atoms with Gasteiger partial charge in [0.1, 0.15) is 0 Å². The number of nitrogens with two attached hydrogens (primary N) is 1. The van der Waals surface area contributed by atoms with E-state index in [4.69, 9.17) is 5.73 Å². The van der Waals surface area contributed by atoms with Crippen molar-refractivity contribution in [2.24, 2.45) is 5.73 Å². The van der Waals surface area contributed by atoms with Crippen LogP contribution in [0.4, 0.5) is 11.4 Å². The summed E-state index contributed by atoms with van der Waals surface area (Å²) in [6.07, 6.45) is -0.115. The highest BCUT2D eigenvalue weighted by Crippen LogP contribution is 2.24. The fraction of sp³-hybridized carbons (Fsp3) is 0.176. The number of hydrogen-bond donors (Lipinski definition) is 1. The van der Waals surface area contributed by atoms with Crippen molar-refractivity contribution >= 4 is 23.2 Å². The lowest BCUT2D eigenvalue weighted by atomic mass is 10.1. The van der Waals surface area contributed by atoms with Crippen LogP contribution >= 0.6 is 0 Å². The summed E-state index contributed by atoms with van der Waals surface area (Å²) in [7, 11) is 0. The molecule has 0 spiro atoms. The third kappa shape index (κ3) is 5.33. The van der Waals surface area contributed by atoms with Gasteiger partial charge in [0.15, 0.2) is 0 Å². The van der Waals surface area contributed by atoms with Gasteiger partial charge in [0.2, 0.25) is 5.91 Å². The van der Waals surface area contributed by atoms with Crippen LogP contribution in [-0.2, 0) is 11.3 Å². The molecule has 2 amide bonds. The van der Waals surface area contributed by atoms with Gasteiger partial charge in [-0.15, -0.1) is 0 Å². The summed E-state index contributed by atoms with van der Waals surface area (Å²) in [5.41, 5.74) is 4.56. The lowest BCUT2D eigenvalue weighted by molar-refractivity contribution is -0.394. The fourth-order valence-corrected chi connectivity index (χ4v) is 2.41. The predicted molar refractivity (Wildman–Crippen MR) is 94.7 cm³/mol. The Labute approximate surface area is 153 Å². The van der Waals surface area contributed by atoms with Gasteiger partial charge < -0.3 is 10.6 Å². The van der Waals surface area contributed by atoms with E-state index in [1.54, 1.807) is 30.3 Å². The summed E-state index contributed by atoms with van der Waals surface area (Å²) in [6, 6.07) is 11.6. The SMILES string of the molecule is NC(=O)CCN(Cc1ccccc1)C(=O)c1cc([N+](=O)[O-])cc([N+](=O)[O-])c1. The van der Waals surface area contributed by atoms with Gasteiger partial charge in [0, 0.05) is 31.6 Å². The molecule has 0 heterocycles. The van der Waals surface area contributed by atoms with Crippen LogP contribution in [0.25, 0.3) is 0 Å². The molecule has 2 aromatic rings. The van der Waals surface area contributed by atoms with E-state index in [0.717, 1.165) is 23.8 Å². The molecule has 2 rings (SSSR count). The van der Waals surface area contributed by atoms with Gasteiger partial charge in [-0.3, -0.25) is 29.8 Å². The number of carbonyl (C=O) groups is 2. The molecular weight excluding hydrogens is 356 g/mol. The highest BCUT2D eigenvalue weighted by atomic mass is 16.6. The van der Waals surface area contributed by atoms with Crippen molar-refractivity contribution in [1.29, 1.82) is 0 Å². The molecule has 10 nitrogen and oxygen atoms in total. The zero-order chi connectivity index (χ0) is 20.0. The number of benzene rings is 2. The molecule has 0 aromatic heterocycles. The summed E-state index contributed by atoms with van der Waals surface area (Å²) in [5.74, 6) is -1.29. The summed E-state index contributed by atoms with van der Waals surface area (Å²) in [5, 5.41) is 22.0. The maximum absolute atomic E-state index is 12.8. The van der Waals surface area contributed by atoms with Crippen LogP contribution in [0.5, 0.6) is 0 Å². The van der Waals surface area contributed by atoms with Crippen molar-refractivity contribution in [3.63, 3.8) is 0 Å². The van der Waals surface area contributed by atoms with Gasteiger partial charge in [-0.25, -0.2) is 0 Å². The van der Waals surface area contributed by atoms with Crippen LogP contribution in [0.3, 0.4) is 0 Å². The van der Waals surface area contributed by atoms with Crippen molar-refractivity contribution in [2.45, 2.75) is 13.0 Å². The van der Waals surface area contributed by atoms with Crippen LogP contribution in [0, 0.1) is 20.2 Å². The molecule has 0 saturated heterocycles. The summed E-state index contributed by atoms with van der Waals surface area (Å²) < 4.78 is 0. The Morgan fingerprint density at radius 3 is 2.00 bits per heavy atom. The van der Waals surface area contributed by atoms with Crippen LogP contribution in [0.1, 0.15) is 22.3 Å². The monoisotopic (exact) mass is 372 g/mol. The molecular formula is C17H16N4O6. The first kappa shape index (κ1) is 19.5. The Kier molecular flexibility index (Phi) is 6.15. The number of hydrogen-bond acceptors (Lipinski definition) is 6. The van der Waals surface area contributed by atoms with Crippen molar-refractivity contribution in [2.75, 3.05) is 6.54 Å². The number of nitrogens with zero attached hydrogens (tertiary/aromatic N) is 3. The van der Waals surface area contributed by atoms with E-state index in [-0.39, 0.29) is 25.1 Å². The van der Waals surface area contributed by atoms with Crippen molar-refractivity contribution in [1.82, 2.24) is 4.90 Å². The minimum Gasteiger partial charge on any atom is -0.370 e. The predicted octanol–water partition coefficient (Wildman–Crippen LogP) is 2.02. The second-order valence-corrected chi connectivity index (χ2v) is 5.68. The normalized spacial score (nSPS) is 10.2. The minimum atomic E-state index is -0.811.